The second-order valence-corrected chi connectivity index (χ2v) is 7.39. The molecule has 0 aromatic heterocycles. The Morgan fingerprint density at radius 1 is 1.10 bits per heavy atom. The van der Waals surface area contributed by atoms with Crippen LogP contribution in [0.2, 0.25) is 0 Å². The molecule has 156 valence electrons. The maximum Gasteiger partial charge on any atom is 0.513 e. The van der Waals surface area contributed by atoms with Crippen molar-refractivity contribution >= 4 is 18.0 Å². The lowest BCUT2D eigenvalue weighted by atomic mass is 10.0. The normalized spacial score (nSPS) is 17.0. The molecule has 7 nitrogen and oxygen atoms in total. The van der Waals surface area contributed by atoms with Crippen LogP contribution in [0.25, 0.3) is 0 Å². The van der Waals surface area contributed by atoms with Crippen LogP contribution in [0.4, 0.5) is 4.79 Å². The van der Waals surface area contributed by atoms with Gasteiger partial charge in [0.15, 0.2) is 0 Å². The number of hydrogen-bond donors (Lipinski definition) is 1. The van der Waals surface area contributed by atoms with Crippen molar-refractivity contribution in [1.29, 1.82) is 0 Å². The molecule has 1 saturated heterocycles. The standard InChI is InChI=1S/C22H28N2O5/c1-2-28-22(27)29-19-9-7-17(8-10-19)21(26)23-18-11-13-24(14-12-18)20(25)15-16-5-3-4-6-16/h7-10,15,18H,2-6,11-14H2,1H3,(H,23,26). The molecule has 1 aliphatic heterocycles. The van der Waals surface area contributed by atoms with E-state index >= 15 is 0 Å². The van der Waals surface area contributed by atoms with Gasteiger partial charge in [-0.1, -0.05) is 5.57 Å². The van der Waals surface area contributed by atoms with Gasteiger partial charge in [-0.25, -0.2) is 4.79 Å². The first-order chi connectivity index (χ1) is 14.0. The summed E-state index contributed by atoms with van der Waals surface area (Å²) < 4.78 is 9.70. The molecule has 2 amide bonds. The Morgan fingerprint density at radius 3 is 2.38 bits per heavy atom. The van der Waals surface area contributed by atoms with Crippen molar-refractivity contribution in [2.24, 2.45) is 0 Å². The quantitative estimate of drug-likeness (QED) is 0.465. The van der Waals surface area contributed by atoms with Gasteiger partial charge in [0.05, 0.1) is 6.61 Å². The van der Waals surface area contributed by atoms with Crippen molar-refractivity contribution in [2.45, 2.75) is 51.5 Å². The number of amides is 2. The van der Waals surface area contributed by atoms with E-state index in [1.54, 1.807) is 31.2 Å². The maximum atomic E-state index is 12.5. The van der Waals surface area contributed by atoms with E-state index in [9.17, 15) is 14.4 Å². The van der Waals surface area contributed by atoms with Gasteiger partial charge in [0, 0.05) is 30.8 Å². The summed E-state index contributed by atoms with van der Waals surface area (Å²) in [5.74, 6) is 0.248. The zero-order valence-electron chi connectivity index (χ0n) is 16.8. The molecular weight excluding hydrogens is 372 g/mol. The average molecular weight is 400 g/mol. The van der Waals surface area contributed by atoms with Crippen LogP contribution in [0, 0.1) is 0 Å². The molecule has 1 aromatic rings. The molecule has 2 fully saturated rings. The van der Waals surface area contributed by atoms with Crippen LogP contribution in [0.3, 0.4) is 0 Å². The summed E-state index contributed by atoms with van der Waals surface area (Å²) in [7, 11) is 0. The minimum Gasteiger partial charge on any atom is -0.434 e. The molecule has 0 unspecified atom stereocenters. The van der Waals surface area contributed by atoms with Crippen LogP contribution in [-0.4, -0.2) is 48.6 Å². The molecule has 0 atom stereocenters. The van der Waals surface area contributed by atoms with Crippen LogP contribution in [-0.2, 0) is 9.53 Å². The molecule has 3 rings (SSSR count). The van der Waals surface area contributed by atoms with Crippen molar-refractivity contribution in [3.8, 4) is 5.75 Å². The zero-order chi connectivity index (χ0) is 20.6. The lowest BCUT2D eigenvalue weighted by Gasteiger charge is -2.32. The Hall–Kier alpha value is -2.83. The largest absolute Gasteiger partial charge is 0.513 e. The van der Waals surface area contributed by atoms with Gasteiger partial charge in [-0.05, 0) is 69.7 Å². The number of hydrogen-bond acceptors (Lipinski definition) is 5. The predicted octanol–water partition coefficient (Wildman–Crippen LogP) is 3.44. The number of piperidine rings is 1. The number of likely N-dealkylation sites (tertiary alicyclic amines) is 1. The van der Waals surface area contributed by atoms with E-state index in [0.717, 1.165) is 25.7 Å². The number of rotatable bonds is 5. The molecule has 29 heavy (non-hydrogen) atoms. The summed E-state index contributed by atoms with van der Waals surface area (Å²) in [5, 5.41) is 3.02. The molecule has 1 aliphatic carbocycles. The van der Waals surface area contributed by atoms with Crippen LogP contribution < -0.4 is 10.1 Å². The van der Waals surface area contributed by atoms with Crippen molar-refractivity contribution in [2.75, 3.05) is 19.7 Å². The summed E-state index contributed by atoms with van der Waals surface area (Å²) in [6, 6.07) is 6.38. The zero-order valence-corrected chi connectivity index (χ0v) is 16.8. The van der Waals surface area contributed by atoms with Crippen molar-refractivity contribution in [1.82, 2.24) is 10.2 Å². The van der Waals surface area contributed by atoms with Gasteiger partial charge in [-0.15, -0.1) is 0 Å². The van der Waals surface area contributed by atoms with Crippen LogP contribution >= 0.6 is 0 Å². The third kappa shape index (κ3) is 6.07. The first-order valence-corrected chi connectivity index (χ1v) is 10.3. The van der Waals surface area contributed by atoms with Crippen molar-refractivity contribution < 1.29 is 23.9 Å². The maximum absolute atomic E-state index is 12.5. The SMILES string of the molecule is CCOC(=O)Oc1ccc(C(=O)NC2CCN(C(=O)C=C3CCCC3)CC2)cc1. The Kier molecular flexibility index (Phi) is 7.27. The molecule has 1 aromatic carbocycles. The lowest BCUT2D eigenvalue weighted by Crippen LogP contribution is -2.46. The lowest BCUT2D eigenvalue weighted by molar-refractivity contribution is -0.127. The van der Waals surface area contributed by atoms with E-state index < -0.39 is 6.16 Å². The van der Waals surface area contributed by atoms with Gasteiger partial charge in [-0.2, -0.15) is 0 Å². The highest BCUT2D eigenvalue weighted by molar-refractivity contribution is 5.94. The molecular formula is C22H28N2O5. The Balaban J connectivity index is 1.45. The van der Waals surface area contributed by atoms with Gasteiger partial charge >= 0.3 is 6.16 Å². The van der Waals surface area contributed by atoms with Crippen LogP contribution in [0.15, 0.2) is 35.9 Å². The van der Waals surface area contributed by atoms with Crippen LogP contribution in [0.1, 0.15) is 55.8 Å². The first-order valence-electron chi connectivity index (χ1n) is 10.3. The number of allylic oxidation sites excluding steroid dienone is 1. The number of benzene rings is 1. The molecule has 0 radical (unpaired) electrons. The third-order valence-electron chi connectivity index (χ3n) is 5.30. The smallest absolute Gasteiger partial charge is 0.434 e. The monoisotopic (exact) mass is 400 g/mol. The van der Waals surface area contributed by atoms with Crippen molar-refractivity contribution in [3.63, 3.8) is 0 Å². The highest BCUT2D eigenvalue weighted by atomic mass is 16.7. The minimum atomic E-state index is -0.769. The number of nitrogens with one attached hydrogen (secondary N) is 1. The molecule has 1 heterocycles. The Labute approximate surface area is 171 Å². The Morgan fingerprint density at radius 2 is 1.76 bits per heavy atom. The highest BCUT2D eigenvalue weighted by Crippen LogP contribution is 2.24. The summed E-state index contributed by atoms with van der Waals surface area (Å²) in [5.41, 5.74) is 1.76. The second-order valence-electron chi connectivity index (χ2n) is 7.39. The van der Waals surface area contributed by atoms with E-state index in [1.807, 2.05) is 11.0 Å². The summed E-state index contributed by atoms with van der Waals surface area (Å²) in [6.07, 6.45) is 6.98. The van der Waals surface area contributed by atoms with Crippen molar-refractivity contribution in [3.05, 3.63) is 41.5 Å². The first kappa shape index (κ1) is 20.9. The van der Waals surface area contributed by atoms with Gasteiger partial charge in [0.2, 0.25) is 5.91 Å². The van der Waals surface area contributed by atoms with E-state index in [4.69, 9.17) is 9.47 Å². The number of ether oxygens (including phenoxy) is 2. The molecule has 1 N–H and O–H groups in total. The van der Waals surface area contributed by atoms with Gasteiger partial charge in [0.1, 0.15) is 5.75 Å². The van der Waals surface area contributed by atoms with E-state index in [-0.39, 0.29) is 24.5 Å². The number of carbonyl (C=O) groups is 3. The summed E-state index contributed by atoms with van der Waals surface area (Å²) in [6.45, 7) is 3.24. The molecule has 1 saturated carbocycles. The highest BCUT2D eigenvalue weighted by Gasteiger charge is 2.24. The van der Waals surface area contributed by atoms with Crippen LogP contribution in [0.5, 0.6) is 5.75 Å². The van der Waals surface area contributed by atoms with Gasteiger partial charge in [0.25, 0.3) is 5.91 Å². The number of nitrogens with zero attached hydrogens (tertiary/aromatic N) is 1. The Bertz CT molecular complexity index is 756. The second kappa shape index (κ2) is 10.1. The fourth-order valence-electron chi connectivity index (χ4n) is 3.67. The number of carbonyl (C=O) groups excluding carboxylic acids is 3. The summed E-state index contributed by atoms with van der Waals surface area (Å²) in [4.78, 5) is 38.0. The molecule has 2 aliphatic rings. The minimum absolute atomic E-state index is 0.0427. The molecule has 0 spiro atoms. The van der Waals surface area contributed by atoms with E-state index in [2.05, 4.69) is 5.32 Å². The fraction of sp³-hybridized carbons (Fsp3) is 0.500. The van der Waals surface area contributed by atoms with E-state index in [1.165, 1.54) is 18.4 Å². The average Bonchev–Trinajstić information content (AvgIpc) is 3.22. The molecule has 0 bridgehead atoms. The fourth-order valence-corrected chi connectivity index (χ4v) is 3.67. The predicted molar refractivity (Wildman–Crippen MR) is 108 cm³/mol. The topological polar surface area (TPSA) is 84.9 Å². The molecule has 7 heteroatoms. The van der Waals surface area contributed by atoms with Gasteiger partial charge < -0.3 is 19.7 Å². The van der Waals surface area contributed by atoms with E-state index in [0.29, 0.717) is 24.4 Å². The summed E-state index contributed by atoms with van der Waals surface area (Å²) >= 11 is 0. The third-order valence-corrected chi connectivity index (χ3v) is 5.30. The van der Waals surface area contributed by atoms with Gasteiger partial charge in [-0.3, -0.25) is 9.59 Å².